The van der Waals surface area contributed by atoms with Crippen LogP contribution in [0.4, 0.5) is 14.6 Å². The van der Waals surface area contributed by atoms with Crippen molar-refractivity contribution in [2.75, 3.05) is 5.73 Å². The highest BCUT2D eigenvalue weighted by Gasteiger charge is 2.24. The number of nitrogens with two attached hydrogens (primary N) is 1. The summed E-state index contributed by atoms with van der Waals surface area (Å²) in [7, 11) is 1.92. The van der Waals surface area contributed by atoms with Crippen LogP contribution in [0.15, 0.2) is 24.3 Å². The van der Waals surface area contributed by atoms with E-state index in [1.54, 1.807) is 12.1 Å². The molecule has 2 aromatic rings. The standard InChI is InChI=1S/C16H19F2N3/c1-21-15(19)13(20-16(21)12-4-2-3-5-12)10-6-8-11(9-7-10)14(17)18/h6-9,12,14H,2-5,19H2,1H3. The van der Waals surface area contributed by atoms with Gasteiger partial charge in [-0.15, -0.1) is 0 Å². The first-order chi connectivity index (χ1) is 10.1. The Labute approximate surface area is 122 Å². The lowest BCUT2D eigenvalue weighted by molar-refractivity contribution is 0.151. The molecule has 3 nitrogen and oxygen atoms in total. The fourth-order valence-electron chi connectivity index (χ4n) is 3.08. The first-order valence-electron chi connectivity index (χ1n) is 7.28. The van der Waals surface area contributed by atoms with Gasteiger partial charge in [-0.1, -0.05) is 37.1 Å². The molecule has 2 N–H and O–H groups in total. The molecule has 1 aromatic heterocycles. The normalized spacial score (nSPS) is 16.0. The molecular formula is C16H19F2N3. The van der Waals surface area contributed by atoms with Gasteiger partial charge in [0.1, 0.15) is 17.3 Å². The Morgan fingerprint density at radius 2 is 1.81 bits per heavy atom. The fourth-order valence-corrected chi connectivity index (χ4v) is 3.08. The Hall–Kier alpha value is -1.91. The Balaban J connectivity index is 1.96. The predicted molar refractivity (Wildman–Crippen MR) is 79.2 cm³/mol. The number of imidazole rings is 1. The summed E-state index contributed by atoms with van der Waals surface area (Å²) in [6, 6.07) is 6.20. The Bertz CT molecular complexity index is 626. The van der Waals surface area contributed by atoms with E-state index in [4.69, 9.17) is 5.73 Å². The minimum Gasteiger partial charge on any atom is -0.383 e. The minimum atomic E-state index is -2.45. The van der Waals surface area contributed by atoms with Gasteiger partial charge >= 0.3 is 0 Å². The van der Waals surface area contributed by atoms with Crippen LogP contribution in [0, 0.1) is 0 Å². The second-order valence-electron chi connectivity index (χ2n) is 5.67. The maximum atomic E-state index is 12.6. The third-order valence-electron chi connectivity index (χ3n) is 4.33. The van der Waals surface area contributed by atoms with Crippen molar-refractivity contribution < 1.29 is 8.78 Å². The lowest BCUT2D eigenvalue weighted by Gasteiger charge is -2.08. The highest BCUT2D eigenvalue weighted by molar-refractivity contribution is 5.71. The van der Waals surface area contributed by atoms with E-state index in [-0.39, 0.29) is 5.56 Å². The van der Waals surface area contributed by atoms with Gasteiger partial charge in [0.25, 0.3) is 6.43 Å². The summed E-state index contributed by atoms with van der Waals surface area (Å²) in [6.45, 7) is 0. The zero-order valence-corrected chi connectivity index (χ0v) is 12.0. The smallest absolute Gasteiger partial charge is 0.263 e. The third kappa shape index (κ3) is 2.52. The second kappa shape index (κ2) is 5.47. The van der Waals surface area contributed by atoms with E-state index < -0.39 is 6.43 Å². The summed E-state index contributed by atoms with van der Waals surface area (Å²) in [4.78, 5) is 4.69. The van der Waals surface area contributed by atoms with E-state index >= 15 is 0 Å². The van der Waals surface area contributed by atoms with Crippen molar-refractivity contribution in [3.8, 4) is 11.3 Å². The maximum absolute atomic E-state index is 12.6. The number of halogens is 2. The molecule has 1 aliphatic rings. The van der Waals surface area contributed by atoms with Gasteiger partial charge in [-0.3, -0.25) is 0 Å². The van der Waals surface area contributed by atoms with Gasteiger partial charge in [0.2, 0.25) is 0 Å². The molecule has 0 bridgehead atoms. The summed E-state index contributed by atoms with van der Waals surface area (Å²) in [5.41, 5.74) is 7.65. The largest absolute Gasteiger partial charge is 0.383 e. The van der Waals surface area contributed by atoms with E-state index in [1.807, 2.05) is 11.6 Å². The van der Waals surface area contributed by atoms with Crippen molar-refractivity contribution in [2.24, 2.45) is 7.05 Å². The summed E-state index contributed by atoms with van der Waals surface area (Å²) in [6.07, 6.45) is 2.31. The van der Waals surface area contributed by atoms with Crippen LogP contribution in [0.1, 0.15) is 49.4 Å². The van der Waals surface area contributed by atoms with Crippen molar-refractivity contribution in [3.05, 3.63) is 35.7 Å². The van der Waals surface area contributed by atoms with Crippen LogP contribution in [0.3, 0.4) is 0 Å². The lowest BCUT2D eigenvalue weighted by atomic mass is 10.1. The predicted octanol–water partition coefficient (Wildman–Crippen LogP) is 4.26. The van der Waals surface area contributed by atoms with Crippen LogP contribution in [0.2, 0.25) is 0 Å². The number of hydrogen-bond acceptors (Lipinski definition) is 2. The van der Waals surface area contributed by atoms with E-state index in [0.29, 0.717) is 17.4 Å². The molecule has 0 unspecified atom stereocenters. The molecule has 3 rings (SSSR count). The van der Waals surface area contributed by atoms with Crippen molar-refractivity contribution in [1.29, 1.82) is 0 Å². The van der Waals surface area contributed by atoms with Crippen LogP contribution in [-0.2, 0) is 7.05 Å². The van der Waals surface area contributed by atoms with Gasteiger partial charge < -0.3 is 10.3 Å². The molecular weight excluding hydrogens is 272 g/mol. The van der Waals surface area contributed by atoms with Crippen molar-refractivity contribution in [1.82, 2.24) is 9.55 Å². The van der Waals surface area contributed by atoms with Crippen molar-refractivity contribution in [2.45, 2.75) is 38.0 Å². The number of nitrogen functional groups attached to an aromatic ring is 1. The van der Waals surface area contributed by atoms with Gasteiger partial charge in [-0.2, -0.15) is 0 Å². The van der Waals surface area contributed by atoms with Gasteiger partial charge in [0, 0.05) is 24.1 Å². The Morgan fingerprint density at radius 3 is 2.38 bits per heavy atom. The van der Waals surface area contributed by atoms with E-state index in [0.717, 1.165) is 24.2 Å². The van der Waals surface area contributed by atoms with Crippen LogP contribution >= 0.6 is 0 Å². The highest BCUT2D eigenvalue weighted by Crippen LogP contribution is 2.37. The SMILES string of the molecule is Cn1c(C2CCCC2)nc(-c2ccc(C(F)F)cc2)c1N. The summed E-state index contributed by atoms with van der Waals surface area (Å²) < 4.78 is 27.2. The zero-order valence-electron chi connectivity index (χ0n) is 12.0. The molecule has 0 radical (unpaired) electrons. The first kappa shape index (κ1) is 14.0. The molecule has 1 heterocycles. The third-order valence-corrected chi connectivity index (χ3v) is 4.33. The van der Waals surface area contributed by atoms with Crippen LogP contribution < -0.4 is 5.73 Å². The number of aromatic nitrogens is 2. The van der Waals surface area contributed by atoms with E-state index in [2.05, 4.69) is 4.98 Å². The second-order valence-corrected chi connectivity index (χ2v) is 5.67. The molecule has 1 aliphatic carbocycles. The molecule has 1 fully saturated rings. The van der Waals surface area contributed by atoms with Gasteiger partial charge in [0.05, 0.1) is 0 Å². The Morgan fingerprint density at radius 1 is 1.19 bits per heavy atom. The molecule has 112 valence electrons. The Kier molecular flexibility index (Phi) is 3.66. The average Bonchev–Trinajstić information content (AvgIpc) is 3.09. The van der Waals surface area contributed by atoms with Crippen LogP contribution in [0.25, 0.3) is 11.3 Å². The number of benzene rings is 1. The molecule has 0 aliphatic heterocycles. The number of nitrogens with zero attached hydrogens (tertiary/aromatic N) is 2. The van der Waals surface area contributed by atoms with Gasteiger partial charge in [-0.05, 0) is 12.8 Å². The number of alkyl halides is 2. The molecule has 1 saturated carbocycles. The molecule has 5 heteroatoms. The van der Waals surface area contributed by atoms with Crippen molar-refractivity contribution >= 4 is 5.82 Å². The molecule has 1 aromatic carbocycles. The maximum Gasteiger partial charge on any atom is 0.263 e. The monoisotopic (exact) mass is 291 g/mol. The summed E-state index contributed by atoms with van der Waals surface area (Å²) in [5.74, 6) is 2.08. The highest BCUT2D eigenvalue weighted by atomic mass is 19.3. The minimum absolute atomic E-state index is 0.0178. The molecule has 21 heavy (non-hydrogen) atoms. The van der Waals surface area contributed by atoms with Gasteiger partial charge in [-0.25, -0.2) is 13.8 Å². The molecule has 0 saturated heterocycles. The van der Waals surface area contributed by atoms with Crippen molar-refractivity contribution in [3.63, 3.8) is 0 Å². The topological polar surface area (TPSA) is 43.8 Å². The molecule has 0 amide bonds. The average molecular weight is 291 g/mol. The first-order valence-corrected chi connectivity index (χ1v) is 7.28. The number of rotatable bonds is 3. The summed E-state index contributed by atoms with van der Waals surface area (Å²) >= 11 is 0. The number of hydrogen-bond donors (Lipinski definition) is 1. The quantitative estimate of drug-likeness (QED) is 0.918. The van der Waals surface area contributed by atoms with Gasteiger partial charge in [0.15, 0.2) is 0 Å². The van der Waals surface area contributed by atoms with E-state index in [9.17, 15) is 8.78 Å². The summed E-state index contributed by atoms with van der Waals surface area (Å²) in [5, 5.41) is 0. The fraction of sp³-hybridized carbons (Fsp3) is 0.438. The van der Waals surface area contributed by atoms with E-state index in [1.165, 1.54) is 25.0 Å². The van der Waals surface area contributed by atoms with Crippen LogP contribution in [0.5, 0.6) is 0 Å². The lowest BCUT2D eigenvalue weighted by Crippen LogP contribution is -2.05. The zero-order chi connectivity index (χ0) is 15.0. The number of anilines is 1. The molecule has 0 atom stereocenters. The van der Waals surface area contributed by atoms with Crippen LogP contribution in [-0.4, -0.2) is 9.55 Å². The molecule has 0 spiro atoms.